The van der Waals surface area contributed by atoms with Crippen molar-refractivity contribution in [2.75, 3.05) is 7.05 Å². The maximum atomic E-state index is 13.0. The number of rotatable bonds is 4. The zero-order valence-electron chi connectivity index (χ0n) is 15.4. The lowest BCUT2D eigenvalue weighted by Gasteiger charge is -2.35. The van der Waals surface area contributed by atoms with Gasteiger partial charge in [0.25, 0.3) is 5.91 Å². The summed E-state index contributed by atoms with van der Waals surface area (Å²) < 4.78 is 5.29. The Kier molecular flexibility index (Phi) is 4.43. The Morgan fingerprint density at radius 3 is 2.52 bits per heavy atom. The minimum absolute atomic E-state index is 0.00234. The molecule has 1 aromatic heterocycles. The minimum Gasteiger partial charge on any atom is -0.337 e. The van der Waals surface area contributed by atoms with Gasteiger partial charge in [-0.1, -0.05) is 48.7 Å². The van der Waals surface area contributed by atoms with Crippen LogP contribution >= 0.6 is 0 Å². The first-order chi connectivity index (χ1) is 13.0. The highest BCUT2D eigenvalue weighted by molar-refractivity contribution is 6.06. The van der Waals surface area contributed by atoms with E-state index in [1.54, 1.807) is 11.9 Å². The van der Waals surface area contributed by atoms with Gasteiger partial charge in [0.05, 0.1) is 0 Å². The third kappa shape index (κ3) is 2.90. The van der Waals surface area contributed by atoms with Crippen molar-refractivity contribution in [2.24, 2.45) is 5.73 Å². The monoisotopic (exact) mass is 369 g/mol. The van der Waals surface area contributed by atoms with Crippen LogP contribution in [0.25, 0.3) is 11.4 Å². The fourth-order valence-corrected chi connectivity index (χ4v) is 4.03. The molecule has 1 saturated heterocycles. The molecule has 8 heteroatoms. The van der Waals surface area contributed by atoms with Gasteiger partial charge in [-0.25, -0.2) is 4.79 Å². The van der Waals surface area contributed by atoms with E-state index < -0.39 is 5.54 Å². The molecule has 2 aliphatic rings. The van der Waals surface area contributed by atoms with Crippen molar-refractivity contribution in [3.05, 3.63) is 35.7 Å². The number of hydrogen-bond acceptors (Lipinski definition) is 6. The summed E-state index contributed by atoms with van der Waals surface area (Å²) in [5.41, 5.74) is 6.71. The Morgan fingerprint density at radius 1 is 1.15 bits per heavy atom. The lowest BCUT2D eigenvalue weighted by Crippen LogP contribution is -2.49. The number of carbonyl (C=O) groups excluding carboxylic acids is 2. The van der Waals surface area contributed by atoms with E-state index in [0.717, 1.165) is 30.4 Å². The van der Waals surface area contributed by atoms with E-state index in [-0.39, 0.29) is 24.4 Å². The molecule has 2 N–H and O–H groups in total. The predicted octanol–water partition coefficient (Wildman–Crippen LogP) is 2.29. The number of hydrogen-bond donors (Lipinski definition) is 1. The van der Waals surface area contributed by atoms with Crippen LogP contribution in [0.3, 0.4) is 0 Å². The molecule has 0 atom stereocenters. The number of aromatic nitrogens is 2. The normalized spacial score (nSPS) is 19.3. The molecule has 142 valence electrons. The van der Waals surface area contributed by atoms with Gasteiger partial charge in [0.1, 0.15) is 12.1 Å². The largest absolute Gasteiger partial charge is 0.337 e. The summed E-state index contributed by atoms with van der Waals surface area (Å²) in [6, 6.07) is 7.25. The van der Waals surface area contributed by atoms with E-state index >= 15 is 0 Å². The number of benzene rings is 1. The summed E-state index contributed by atoms with van der Waals surface area (Å²) in [5.74, 6) is 0.519. The molecular weight excluding hydrogens is 346 g/mol. The molecule has 0 radical (unpaired) electrons. The van der Waals surface area contributed by atoms with Crippen molar-refractivity contribution in [3.8, 4) is 11.4 Å². The summed E-state index contributed by atoms with van der Waals surface area (Å²) in [6.45, 7) is 0.462. The summed E-state index contributed by atoms with van der Waals surface area (Å²) in [7, 11) is 1.71. The van der Waals surface area contributed by atoms with Crippen LogP contribution in [0.15, 0.2) is 28.8 Å². The van der Waals surface area contributed by atoms with Crippen molar-refractivity contribution >= 4 is 11.9 Å². The second kappa shape index (κ2) is 6.77. The van der Waals surface area contributed by atoms with Crippen LogP contribution in [0.1, 0.15) is 43.6 Å². The van der Waals surface area contributed by atoms with Gasteiger partial charge in [0.15, 0.2) is 0 Å². The van der Waals surface area contributed by atoms with Crippen molar-refractivity contribution < 1.29 is 14.1 Å². The van der Waals surface area contributed by atoms with Crippen LogP contribution < -0.4 is 5.73 Å². The molecular formula is C19H23N5O3. The molecule has 2 heterocycles. The number of amides is 3. The van der Waals surface area contributed by atoms with Crippen molar-refractivity contribution in [1.82, 2.24) is 19.9 Å². The maximum absolute atomic E-state index is 13.0. The molecule has 1 spiro atoms. The number of imide groups is 1. The molecule has 1 aliphatic carbocycles. The van der Waals surface area contributed by atoms with Crippen LogP contribution in [-0.2, 0) is 17.9 Å². The van der Waals surface area contributed by atoms with Gasteiger partial charge >= 0.3 is 6.03 Å². The molecule has 1 saturated carbocycles. The van der Waals surface area contributed by atoms with Crippen LogP contribution in [0.2, 0.25) is 0 Å². The van der Waals surface area contributed by atoms with E-state index in [4.69, 9.17) is 10.3 Å². The number of carbonyl (C=O) groups is 2. The van der Waals surface area contributed by atoms with Crippen molar-refractivity contribution in [1.29, 1.82) is 0 Å². The van der Waals surface area contributed by atoms with Gasteiger partial charge in [-0.15, -0.1) is 0 Å². The second-order valence-corrected chi connectivity index (χ2v) is 7.24. The molecule has 1 aliphatic heterocycles. The second-order valence-electron chi connectivity index (χ2n) is 7.24. The predicted molar refractivity (Wildman–Crippen MR) is 97.2 cm³/mol. The van der Waals surface area contributed by atoms with Gasteiger partial charge in [-0.2, -0.15) is 4.98 Å². The fourth-order valence-electron chi connectivity index (χ4n) is 4.03. The summed E-state index contributed by atoms with van der Waals surface area (Å²) in [6.07, 6.45) is 4.45. The van der Waals surface area contributed by atoms with E-state index in [2.05, 4.69) is 10.1 Å². The topological polar surface area (TPSA) is 106 Å². The summed E-state index contributed by atoms with van der Waals surface area (Å²) >= 11 is 0. The molecule has 8 nitrogen and oxygen atoms in total. The lowest BCUT2D eigenvalue weighted by atomic mass is 9.81. The average molecular weight is 369 g/mol. The third-order valence-electron chi connectivity index (χ3n) is 5.69. The number of nitrogens with zero attached hydrogens (tertiary/aromatic N) is 4. The Hall–Kier alpha value is -2.74. The maximum Gasteiger partial charge on any atom is 0.327 e. The number of nitrogens with two attached hydrogens (primary N) is 1. The third-order valence-corrected chi connectivity index (χ3v) is 5.69. The van der Waals surface area contributed by atoms with Crippen molar-refractivity contribution in [3.63, 3.8) is 0 Å². The standard InChI is InChI=1S/C19H23N5O3/c1-23-18(26)24(17(25)19(23)9-3-2-4-10-19)12-15-21-16(22-27-15)14-7-5-13(11-20)6-8-14/h5-8H,2-4,9-12,20H2,1H3. The van der Waals surface area contributed by atoms with Gasteiger partial charge in [0.2, 0.25) is 11.7 Å². The first-order valence-electron chi connectivity index (χ1n) is 9.27. The highest BCUT2D eigenvalue weighted by atomic mass is 16.5. The van der Waals surface area contributed by atoms with E-state index in [9.17, 15) is 9.59 Å². The number of likely N-dealkylation sites (N-methyl/N-ethyl adjacent to an activating group) is 1. The Morgan fingerprint density at radius 2 is 1.85 bits per heavy atom. The zero-order chi connectivity index (χ0) is 19.0. The first-order valence-corrected chi connectivity index (χ1v) is 9.27. The van der Waals surface area contributed by atoms with E-state index in [1.807, 2.05) is 24.3 Å². The quantitative estimate of drug-likeness (QED) is 0.829. The molecule has 0 bridgehead atoms. The molecule has 2 aromatic rings. The Labute approximate surface area is 157 Å². The summed E-state index contributed by atoms with van der Waals surface area (Å²) in [5, 5.41) is 3.98. The smallest absolute Gasteiger partial charge is 0.327 e. The van der Waals surface area contributed by atoms with Crippen molar-refractivity contribution in [2.45, 2.75) is 50.7 Å². The van der Waals surface area contributed by atoms with E-state index in [1.165, 1.54) is 4.90 Å². The number of urea groups is 1. The summed E-state index contributed by atoms with van der Waals surface area (Å²) in [4.78, 5) is 32.9. The molecule has 27 heavy (non-hydrogen) atoms. The Balaban J connectivity index is 1.53. The molecule has 4 rings (SSSR count). The fraction of sp³-hybridized carbons (Fsp3) is 0.474. The van der Waals surface area contributed by atoms with E-state index in [0.29, 0.717) is 25.2 Å². The van der Waals surface area contributed by atoms with Gasteiger partial charge in [0, 0.05) is 19.2 Å². The van der Waals surface area contributed by atoms with Crippen LogP contribution in [-0.4, -0.2) is 44.5 Å². The SMILES string of the molecule is CN1C(=O)N(Cc2nc(-c3ccc(CN)cc3)no2)C(=O)C12CCCCC2. The van der Waals surface area contributed by atoms with Gasteiger partial charge in [-0.3, -0.25) is 9.69 Å². The molecule has 3 amide bonds. The van der Waals surface area contributed by atoms with Gasteiger partial charge < -0.3 is 15.2 Å². The highest BCUT2D eigenvalue weighted by Crippen LogP contribution is 2.39. The molecule has 2 fully saturated rings. The zero-order valence-corrected chi connectivity index (χ0v) is 15.4. The van der Waals surface area contributed by atoms with Crippen LogP contribution in [0, 0.1) is 0 Å². The average Bonchev–Trinajstić information content (AvgIpc) is 3.24. The molecule has 0 unspecified atom stereocenters. The van der Waals surface area contributed by atoms with Gasteiger partial charge in [-0.05, 0) is 18.4 Å². The molecule has 1 aromatic carbocycles. The lowest BCUT2D eigenvalue weighted by molar-refractivity contribution is -0.135. The minimum atomic E-state index is -0.698. The Bertz CT molecular complexity index is 854. The highest BCUT2D eigenvalue weighted by Gasteiger charge is 2.55. The van der Waals surface area contributed by atoms with Crippen LogP contribution in [0.5, 0.6) is 0 Å². The first kappa shape index (κ1) is 17.7. The van der Waals surface area contributed by atoms with Crippen LogP contribution in [0.4, 0.5) is 4.79 Å².